The summed E-state index contributed by atoms with van der Waals surface area (Å²) in [5.41, 5.74) is 0.528. The van der Waals surface area contributed by atoms with Gasteiger partial charge in [0.2, 0.25) is 0 Å². The molecule has 1 aromatic carbocycles. The predicted molar refractivity (Wildman–Crippen MR) is 87.2 cm³/mol. The molecular formula is C16H15F3N2O4S. The Morgan fingerprint density at radius 1 is 1.27 bits per heavy atom. The van der Waals surface area contributed by atoms with Gasteiger partial charge in [0, 0.05) is 4.88 Å². The first-order chi connectivity index (χ1) is 12.0. The first-order valence-corrected chi connectivity index (χ1v) is 8.19. The zero-order valence-electron chi connectivity index (χ0n) is 13.8. The van der Waals surface area contributed by atoms with Gasteiger partial charge in [-0.1, -0.05) is 12.1 Å². The standard InChI is InChI=1S/C16H15F3N2O4S/c1-8-14(20-9(2)26-8)15(24)21-12(7-13(22)23)10-3-5-11(6-4-10)25-16(17,18)19/h3-6,12H,7H2,1-2H3,(H,21,24)(H,22,23). The maximum Gasteiger partial charge on any atom is 0.573 e. The second-order valence-corrected chi connectivity index (χ2v) is 6.79. The molecule has 2 rings (SSSR count). The molecule has 0 saturated heterocycles. The number of rotatable bonds is 6. The lowest BCUT2D eigenvalue weighted by Gasteiger charge is -2.18. The Bertz CT molecular complexity index is 803. The monoisotopic (exact) mass is 388 g/mol. The first-order valence-electron chi connectivity index (χ1n) is 7.37. The summed E-state index contributed by atoms with van der Waals surface area (Å²) in [5.74, 6) is -2.15. The van der Waals surface area contributed by atoms with Crippen molar-refractivity contribution < 1.29 is 32.6 Å². The van der Waals surface area contributed by atoms with E-state index < -0.39 is 36.5 Å². The maximum atomic E-state index is 12.4. The average molecular weight is 388 g/mol. The molecule has 1 atom stereocenters. The van der Waals surface area contributed by atoms with Crippen molar-refractivity contribution >= 4 is 23.2 Å². The summed E-state index contributed by atoms with van der Waals surface area (Å²) in [6.45, 7) is 3.46. The SMILES string of the molecule is Cc1nc(C(=O)NC(CC(=O)O)c2ccc(OC(F)(F)F)cc2)c(C)s1. The third kappa shape index (κ3) is 5.45. The Morgan fingerprint density at radius 2 is 1.88 bits per heavy atom. The minimum absolute atomic E-state index is 0.194. The molecule has 0 aliphatic heterocycles. The van der Waals surface area contributed by atoms with Crippen LogP contribution in [0.15, 0.2) is 24.3 Å². The molecule has 0 saturated carbocycles. The molecule has 1 heterocycles. The van der Waals surface area contributed by atoms with Crippen LogP contribution in [0.3, 0.4) is 0 Å². The Kier molecular flexibility index (Phi) is 5.86. The van der Waals surface area contributed by atoms with Gasteiger partial charge in [-0.25, -0.2) is 4.98 Å². The topological polar surface area (TPSA) is 88.5 Å². The van der Waals surface area contributed by atoms with E-state index in [1.165, 1.54) is 23.5 Å². The van der Waals surface area contributed by atoms with Crippen LogP contribution in [-0.4, -0.2) is 28.3 Å². The number of aryl methyl sites for hydroxylation is 2. The molecule has 26 heavy (non-hydrogen) atoms. The number of nitrogens with one attached hydrogen (secondary N) is 1. The summed E-state index contributed by atoms with van der Waals surface area (Å²) in [5, 5.41) is 12.3. The van der Waals surface area contributed by atoms with Crippen LogP contribution in [0.1, 0.15) is 38.4 Å². The van der Waals surface area contributed by atoms with Gasteiger partial charge in [0.05, 0.1) is 17.5 Å². The average Bonchev–Trinajstić information content (AvgIpc) is 2.84. The summed E-state index contributed by atoms with van der Waals surface area (Å²) in [4.78, 5) is 28.2. The van der Waals surface area contributed by atoms with Crippen LogP contribution in [0.25, 0.3) is 0 Å². The van der Waals surface area contributed by atoms with Crippen LogP contribution in [0, 0.1) is 13.8 Å². The first kappa shape index (κ1) is 19.7. The van der Waals surface area contributed by atoms with Crippen molar-refractivity contribution in [1.29, 1.82) is 0 Å². The summed E-state index contributed by atoms with van der Waals surface area (Å²) < 4.78 is 40.4. The number of alkyl halides is 3. The van der Waals surface area contributed by atoms with Crippen molar-refractivity contribution in [3.63, 3.8) is 0 Å². The summed E-state index contributed by atoms with van der Waals surface area (Å²) >= 11 is 1.33. The van der Waals surface area contributed by atoms with Gasteiger partial charge in [-0.05, 0) is 31.5 Å². The molecule has 10 heteroatoms. The summed E-state index contributed by atoms with van der Waals surface area (Å²) in [7, 11) is 0. The van der Waals surface area contributed by atoms with Gasteiger partial charge in [0.15, 0.2) is 0 Å². The number of carbonyl (C=O) groups excluding carboxylic acids is 1. The van der Waals surface area contributed by atoms with Gasteiger partial charge in [0.25, 0.3) is 5.91 Å². The Labute approximate surface area is 150 Å². The van der Waals surface area contributed by atoms with E-state index in [0.29, 0.717) is 15.4 Å². The molecule has 1 unspecified atom stereocenters. The molecule has 0 aliphatic carbocycles. The second kappa shape index (κ2) is 7.73. The minimum atomic E-state index is -4.82. The molecule has 0 spiro atoms. The van der Waals surface area contributed by atoms with E-state index in [0.717, 1.165) is 12.1 Å². The van der Waals surface area contributed by atoms with Gasteiger partial charge in [-0.3, -0.25) is 9.59 Å². The van der Waals surface area contributed by atoms with Crippen LogP contribution in [-0.2, 0) is 4.79 Å². The quantitative estimate of drug-likeness (QED) is 0.789. The van der Waals surface area contributed by atoms with E-state index in [9.17, 15) is 22.8 Å². The number of carboxylic acid groups (broad SMARTS) is 1. The lowest BCUT2D eigenvalue weighted by atomic mass is 10.0. The summed E-state index contributed by atoms with van der Waals surface area (Å²) in [6.07, 6.45) is -5.26. The van der Waals surface area contributed by atoms with E-state index in [1.54, 1.807) is 13.8 Å². The van der Waals surface area contributed by atoms with Crippen molar-refractivity contribution in [2.24, 2.45) is 0 Å². The van der Waals surface area contributed by atoms with Crippen LogP contribution >= 0.6 is 11.3 Å². The number of aromatic nitrogens is 1. The van der Waals surface area contributed by atoms with Crippen molar-refractivity contribution in [2.75, 3.05) is 0 Å². The number of amides is 1. The Morgan fingerprint density at radius 3 is 2.35 bits per heavy atom. The number of ether oxygens (including phenoxy) is 1. The molecule has 0 aliphatic rings. The molecule has 2 aromatic rings. The largest absolute Gasteiger partial charge is 0.573 e. The zero-order chi connectivity index (χ0) is 19.5. The van der Waals surface area contributed by atoms with Crippen LogP contribution in [0.4, 0.5) is 13.2 Å². The van der Waals surface area contributed by atoms with Crippen molar-refractivity contribution in [3.8, 4) is 5.75 Å². The van der Waals surface area contributed by atoms with Crippen molar-refractivity contribution in [2.45, 2.75) is 32.7 Å². The highest BCUT2D eigenvalue weighted by Gasteiger charge is 2.31. The fourth-order valence-electron chi connectivity index (χ4n) is 2.29. The molecule has 0 bridgehead atoms. The van der Waals surface area contributed by atoms with Crippen LogP contribution < -0.4 is 10.1 Å². The number of hydrogen-bond acceptors (Lipinski definition) is 5. The number of aliphatic carboxylic acids is 1. The molecule has 0 fully saturated rings. The number of halogens is 3. The van der Waals surface area contributed by atoms with Crippen molar-refractivity contribution in [1.82, 2.24) is 10.3 Å². The van der Waals surface area contributed by atoms with Crippen molar-refractivity contribution in [3.05, 3.63) is 45.4 Å². The van der Waals surface area contributed by atoms with Gasteiger partial charge >= 0.3 is 12.3 Å². The predicted octanol–water partition coefficient (Wildman–Crippen LogP) is 3.60. The minimum Gasteiger partial charge on any atom is -0.481 e. The highest BCUT2D eigenvalue weighted by Crippen LogP contribution is 2.26. The fourth-order valence-corrected chi connectivity index (χ4v) is 3.11. The lowest BCUT2D eigenvalue weighted by molar-refractivity contribution is -0.274. The van der Waals surface area contributed by atoms with Gasteiger partial charge in [0.1, 0.15) is 11.4 Å². The second-order valence-electron chi connectivity index (χ2n) is 5.38. The van der Waals surface area contributed by atoms with E-state index >= 15 is 0 Å². The number of carboxylic acids is 1. The van der Waals surface area contributed by atoms with Gasteiger partial charge < -0.3 is 15.2 Å². The number of carbonyl (C=O) groups is 2. The molecule has 2 N–H and O–H groups in total. The fraction of sp³-hybridized carbons (Fsp3) is 0.312. The molecular weight excluding hydrogens is 373 g/mol. The number of hydrogen-bond donors (Lipinski definition) is 2. The van der Waals surface area contributed by atoms with Gasteiger partial charge in [-0.15, -0.1) is 24.5 Å². The molecule has 140 valence electrons. The zero-order valence-corrected chi connectivity index (χ0v) is 14.6. The smallest absolute Gasteiger partial charge is 0.481 e. The summed E-state index contributed by atoms with van der Waals surface area (Å²) in [6, 6.07) is 3.73. The maximum absolute atomic E-state index is 12.4. The number of benzene rings is 1. The highest BCUT2D eigenvalue weighted by atomic mass is 32.1. The van der Waals surface area contributed by atoms with E-state index in [2.05, 4.69) is 15.0 Å². The molecule has 1 aromatic heterocycles. The lowest BCUT2D eigenvalue weighted by Crippen LogP contribution is -2.30. The third-order valence-corrected chi connectivity index (χ3v) is 4.20. The molecule has 1 amide bonds. The van der Waals surface area contributed by atoms with Crippen LogP contribution in [0.2, 0.25) is 0 Å². The van der Waals surface area contributed by atoms with E-state index in [-0.39, 0.29) is 5.69 Å². The molecule has 6 nitrogen and oxygen atoms in total. The van der Waals surface area contributed by atoms with E-state index in [1.807, 2.05) is 0 Å². The number of nitrogens with zero attached hydrogens (tertiary/aromatic N) is 1. The molecule has 0 radical (unpaired) electrons. The van der Waals surface area contributed by atoms with Crippen LogP contribution in [0.5, 0.6) is 5.75 Å². The number of thiazole rings is 1. The normalized spacial score (nSPS) is 12.5. The van der Waals surface area contributed by atoms with Gasteiger partial charge in [-0.2, -0.15) is 0 Å². The third-order valence-electron chi connectivity index (χ3n) is 3.32. The Hall–Kier alpha value is -2.62. The highest BCUT2D eigenvalue weighted by molar-refractivity contribution is 7.11. The van der Waals surface area contributed by atoms with E-state index in [4.69, 9.17) is 5.11 Å². The Balaban J connectivity index is 2.20.